The van der Waals surface area contributed by atoms with Crippen LogP contribution >= 0.6 is 11.8 Å². The Bertz CT molecular complexity index is 325. The van der Waals surface area contributed by atoms with Gasteiger partial charge >= 0.3 is 0 Å². The number of rotatable bonds is 4. The van der Waals surface area contributed by atoms with E-state index in [1.807, 2.05) is 0 Å². The summed E-state index contributed by atoms with van der Waals surface area (Å²) < 4.78 is 13.5. The van der Waals surface area contributed by atoms with Gasteiger partial charge in [-0.25, -0.2) is 4.39 Å². The third-order valence-corrected chi connectivity index (χ3v) is 3.93. The van der Waals surface area contributed by atoms with Gasteiger partial charge in [-0.1, -0.05) is 26.8 Å². The highest BCUT2D eigenvalue weighted by atomic mass is 32.2. The lowest BCUT2D eigenvalue weighted by Crippen LogP contribution is -2.05. The lowest BCUT2D eigenvalue weighted by atomic mass is 10.2. The predicted molar refractivity (Wildman–Crippen MR) is 62.5 cm³/mol. The summed E-state index contributed by atoms with van der Waals surface area (Å²) in [4.78, 5) is 0.661. The molecule has 0 spiro atoms. The van der Waals surface area contributed by atoms with Crippen LogP contribution in [0.25, 0.3) is 0 Å². The van der Waals surface area contributed by atoms with E-state index in [0.29, 0.717) is 21.6 Å². The van der Waals surface area contributed by atoms with Gasteiger partial charge < -0.3 is 5.11 Å². The molecule has 84 valence electrons. The van der Waals surface area contributed by atoms with Gasteiger partial charge in [0.25, 0.3) is 0 Å². The van der Waals surface area contributed by atoms with Crippen molar-refractivity contribution in [3.05, 3.63) is 29.6 Å². The second kappa shape index (κ2) is 5.52. The summed E-state index contributed by atoms with van der Waals surface area (Å²) in [5, 5.41) is 9.24. The van der Waals surface area contributed by atoms with Crippen molar-refractivity contribution in [3.63, 3.8) is 0 Å². The summed E-state index contributed by atoms with van der Waals surface area (Å²) in [6.45, 7) is 6.23. The van der Waals surface area contributed by atoms with E-state index in [1.165, 1.54) is 6.07 Å². The van der Waals surface area contributed by atoms with E-state index < -0.39 is 0 Å². The van der Waals surface area contributed by atoms with Gasteiger partial charge in [-0.2, -0.15) is 0 Å². The molecule has 1 aromatic rings. The Balaban J connectivity index is 2.78. The smallest absolute Gasteiger partial charge is 0.137 e. The molecule has 1 rings (SSSR count). The monoisotopic (exact) mass is 228 g/mol. The first-order valence-electron chi connectivity index (χ1n) is 5.10. The van der Waals surface area contributed by atoms with Gasteiger partial charge in [-0.05, 0) is 23.6 Å². The van der Waals surface area contributed by atoms with Gasteiger partial charge in [-0.15, -0.1) is 11.8 Å². The molecule has 0 saturated heterocycles. The van der Waals surface area contributed by atoms with Crippen LogP contribution in [0.4, 0.5) is 4.39 Å². The molecule has 0 amide bonds. The number of benzene rings is 1. The van der Waals surface area contributed by atoms with Gasteiger partial charge in [-0.3, -0.25) is 0 Å². The molecule has 0 heterocycles. The first kappa shape index (κ1) is 12.5. The number of aliphatic hydroxyl groups is 1. The van der Waals surface area contributed by atoms with Crippen molar-refractivity contribution in [2.24, 2.45) is 5.92 Å². The lowest BCUT2D eigenvalue weighted by molar-refractivity contribution is 0.281. The van der Waals surface area contributed by atoms with Crippen LogP contribution in [0.3, 0.4) is 0 Å². The van der Waals surface area contributed by atoms with Crippen molar-refractivity contribution in [1.29, 1.82) is 0 Å². The van der Waals surface area contributed by atoms with Crippen LogP contribution in [0, 0.1) is 11.7 Å². The Kier molecular flexibility index (Phi) is 4.61. The molecule has 0 aliphatic heterocycles. The van der Waals surface area contributed by atoms with Gasteiger partial charge in [0.15, 0.2) is 0 Å². The molecular formula is C12H17FOS. The van der Waals surface area contributed by atoms with E-state index in [-0.39, 0.29) is 12.4 Å². The number of halogens is 1. The zero-order valence-corrected chi connectivity index (χ0v) is 10.1. The van der Waals surface area contributed by atoms with Crippen LogP contribution in [0.5, 0.6) is 0 Å². The third kappa shape index (κ3) is 3.50. The quantitative estimate of drug-likeness (QED) is 0.796. The molecule has 1 N–H and O–H groups in total. The molecule has 1 unspecified atom stereocenters. The molecular weight excluding hydrogens is 211 g/mol. The van der Waals surface area contributed by atoms with E-state index in [1.54, 1.807) is 23.9 Å². The first-order chi connectivity index (χ1) is 7.04. The van der Waals surface area contributed by atoms with Crippen LogP contribution in [0.1, 0.15) is 26.3 Å². The average Bonchev–Trinajstić information content (AvgIpc) is 2.20. The molecule has 3 heteroatoms. The van der Waals surface area contributed by atoms with Gasteiger partial charge in [0.05, 0.1) is 6.61 Å². The summed E-state index contributed by atoms with van der Waals surface area (Å²) in [6.07, 6.45) is 0. The first-order valence-corrected chi connectivity index (χ1v) is 5.98. The highest BCUT2D eigenvalue weighted by molar-refractivity contribution is 8.00. The lowest BCUT2D eigenvalue weighted by Gasteiger charge is -2.15. The molecule has 0 fully saturated rings. The summed E-state index contributed by atoms with van der Waals surface area (Å²) in [6, 6.07) is 4.90. The molecule has 0 aliphatic rings. The van der Waals surface area contributed by atoms with Crippen LogP contribution < -0.4 is 0 Å². The molecule has 15 heavy (non-hydrogen) atoms. The standard InChI is InChI=1S/C12H17FOS/c1-8(2)9(3)15-12-5-4-10(7-14)6-11(12)13/h4-6,8-9,14H,7H2,1-3H3. The fourth-order valence-corrected chi connectivity index (χ4v) is 2.07. The van der Waals surface area contributed by atoms with Crippen molar-refractivity contribution < 1.29 is 9.50 Å². The maximum absolute atomic E-state index is 13.5. The van der Waals surface area contributed by atoms with E-state index in [9.17, 15) is 4.39 Å². The van der Waals surface area contributed by atoms with Crippen molar-refractivity contribution in [1.82, 2.24) is 0 Å². The Morgan fingerprint density at radius 1 is 1.33 bits per heavy atom. The van der Waals surface area contributed by atoms with E-state index in [2.05, 4.69) is 20.8 Å². The van der Waals surface area contributed by atoms with Crippen LogP contribution in [0.15, 0.2) is 23.1 Å². The number of hydrogen-bond donors (Lipinski definition) is 1. The van der Waals surface area contributed by atoms with Crippen LogP contribution in [-0.2, 0) is 6.61 Å². The molecule has 0 aromatic heterocycles. The fourth-order valence-electron chi connectivity index (χ4n) is 1.07. The van der Waals surface area contributed by atoms with E-state index in [4.69, 9.17) is 5.11 Å². The predicted octanol–water partition coefficient (Wildman–Crippen LogP) is 3.45. The summed E-state index contributed by atoms with van der Waals surface area (Å²) in [5.74, 6) is 0.283. The highest BCUT2D eigenvalue weighted by Crippen LogP contribution is 2.30. The maximum atomic E-state index is 13.5. The van der Waals surface area contributed by atoms with Crippen LogP contribution in [-0.4, -0.2) is 10.4 Å². The SMILES string of the molecule is CC(C)C(C)Sc1ccc(CO)cc1F. The minimum atomic E-state index is -0.237. The second-order valence-electron chi connectivity index (χ2n) is 3.99. The van der Waals surface area contributed by atoms with Crippen molar-refractivity contribution >= 4 is 11.8 Å². The van der Waals surface area contributed by atoms with Crippen LogP contribution in [0.2, 0.25) is 0 Å². The molecule has 0 saturated carbocycles. The minimum absolute atomic E-state index is 0.110. The summed E-state index contributed by atoms with van der Waals surface area (Å²) in [7, 11) is 0. The third-order valence-electron chi connectivity index (χ3n) is 2.43. The molecule has 1 nitrogen and oxygen atoms in total. The largest absolute Gasteiger partial charge is 0.392 e. The number of hydrogen-bond acceptors (Lipinski definition) is 2. The van der Waals surface area contributed by atoms with E-state index in [0.717, 1.165) is 0 Å². The minimum Gasteiger partial charge on any atom is -0.392 e. The molecule has 0 bridgehead atoms. The Labute approximate surface area is 94.7 Å². The normalized spacial score (nSPS) is 13.2. The maximum Gasteiger partial charge on any atom is 0.137 e. The van der Waals surface area contributed by atoms with Crippen molar-refractivity contribution in [2.75, 3.05) is 0 Å². The Hall–Kier alpha value is -0.540. The van der Waals surface area contributed by atoms with Gasteiger partial charge in [0.2, 0.25) is 0 Å². The van der Waals surface area contributed by atoms with Crippen molar-refractivity contribution in [2.45, 2.75) is 37.5 Å². The fraction of sp³-hybridized carbons (Fsp3) is 0.500. The molecule has 1 aromatic carbocycles. The Morgan fingerprint density at radius 3 is 2.47 bits per heavy atom. The molecule has 0 radical (unpaired) electrons. The molecule has 1 atom stereocenters. The number of aliphatic hydroxyl groups excluding tert-OH is 1. The topological polar surface area (TPSA) is 20.2 Å². The van der Waals surface area contributed by atoms with Gasteiger partial charge in [0, 0.05) is 10.1 Å². The zero-order chi connectivity index (χ0) is 11.4. The zero-order valence-electron chi connectivity index (χ0n) is 9.33. The second-order valence-corrected chi connectivity index (χ2v) is 5.41. The van der Waals surface area contributed by atoms with Crippen molar-refractivity contribution in [3.8, 4) is 0 Å². The van der Waals surface area contributed by atoms with Gasteiger partial charge in [0.1, 0.15) is 5.82 Å². The molecule has 0 aliphatic carbocycles. The average molecular weight is 228 g/mol. The number of thioether (sulfide) groups is 1. The Morgan fingerprint density at radius 2 is 2.00 bits per heavy atom. The highest BCUT2D eigenvalue weighted by Gasteiger charge is 2.12. The summed E-state index contributed by atoms with van der Waals surface area (Å²) in [5.41, 5.74) is 0.619. The summed E-state index contributed by atoms with van der Waals surface area (Å²) >= 11 is 1.54. The van der Waals surface area contributed by atoms with E-state index >= 15 is 0 Å².